The molecule has 2 aromatic carbocycles. The minimum absolute atomic E-state index is 0.105. The van der Waals surface area contributed by atoms with Crippen LogP contribution in [0.25, 0.3) is 0 Å². The van der Waals surface area contributed by atoms with Crippen LogP contribution >= 0.6 is 15.9 Å². The molecule has 0 unspecified atom stereocenters. The predicted molar refractivity (Wildman–Crippen MR) is 91.2 cm³/mol. The van der Waals surface area contributed by atoms with Crippen LogP contribution in [-0.2, 0) is 0 Å². The highest BCUT2D eigenvalue weighted by atomic mass is 79.9. The van der Waals surface area contributed by atoms with Crippen molar-refractivity contribution in [2.45, 2.75) is 13.3 Å². The Kier molecular flexibility index (Phi) is 5.72. The molecule has 0 saturated heterocycles. The summed E-state index contributed by atoms with van der Waals surface area (Å²) in [5.74, 6) is -0.295. The Hall–Kier alpha value is -2.14. The van der Waals surface area contributed by atoms with Crippen molar-refractivity contribution in [3.63, 3.8) is 0 Å². The SMILES string of the molecule is CCCNC(=O)c1ccc(NC(=O)c2cccc(Br)c2)cc1. The fourth-order valence-electron chi connectivity index (χ4n) is 1.88. The van der Waals surface area contributed by atoms with Crippen LogP contribution < -0.4 is 10.6 Å². The summed E-state index contributed by atoms with van der Waals surface area (Å²) < 4.78 is 0.850. The van der Waals surface area contributed by atoms with Gasteiger partial charge in [-0.05, 0) is 48.9 Å². The van der Waals surface area contributed by atoms with E-state index in [1.54, 1.807) is 42.5 Å². The minimum atomic E-state index is -0.190. The Morgan fingerprint density at radius 2 is 1.73 bits per heavy atom. The number of benzene rings is 2. The van der Waals surface area contributed by atoms with Crippen molar-refractivity contribution in [2.75, 3.05) is 11.9 Å². The molecular weight excluding hydrogens is 344 g/mol. The average molecular weight is 361 g/mol. The van der Waals surface area contributed by atoms with E-state index in [9.17, 15) is 9.59 Å². The third-order valence-corrected chi connectivity index (χ3v) is 3.52. The largest absolute Gasteiger partial charge is 0.352 e. The number of hydrogen-bond acceptors (Lipinski definition) is 2. The number of rotatable bonds is 5. The van der Waals surface area contributed by atoms with Crippen molar-refractivity contribution in [3.8, 4) is 0 Å². The molecule has 22 heavy (non-hydrogen) atoms. The maximum atomic E-state index is 12.1. The monoisotopic (exact) mass is 360 g/mol. The molecule has 0 fully saturated rings. The van der Waals surface area contributed by atoms with Crippen LogP contribution in [0, 0.1) is 0 Å². The third-order valence-electron chi connectivity index (χ3n) is 3.03. The van der Waals surface area contributed by atoms with Gasteiger partial charge in [0.05, 0.1) is 0 Å². The van der Waals surface area contributed by atoms with E-state index < -0.39 is 0 Å². The second-order valence-electron chi connectivity index (χ2n) is 4.80. The van der Waals surface area contributed by atoms with E-state index in [-0.39, 0.29) is 11.8 Å². The molecule has 0 heterocycles. The summed E-state index contributed by atoms with van der Waals surface area (Å²) in [4.78, 5) is 23.9. The van der Waals surface area contributed by atoms with E-state index >= 15 is 0 Å². The van der Waals surface area contributed by atoms with E-state index in [0.29, 0.717) is 23.4 Å². The predicted octanol–water partition coefficient (Wildman–Crippen LogP) is 3.84. The van der Waals surface area contributed by atoms with Crippen LogP contribution in [0.3, 0.4) is 0 Å². The highest BCUT2D eigenvalue weighted by Crippen LogP contribution is 2.15. The Labute approximate surface area is 138 Å². The van der Waals surface area contributed by atoms with Crippen LogP contribution in [0.4, 0.5) is 5.69 Å². The van der Waals surface area contributed by atoms with Crippen LogP contribution in [0.5, 0.6) is 0 Å². The van der Waals surface area contributed by atoms with Crippen molar-refractivity contribution in [3.05, 3.63) is 64.1 Å². The van der Waals surface area contributed by atoms with Gasteiger partial charge in [-0.25, -0.2) is 0 Å². The lowest BCUT2D eigenvalue weighted by Gasteiger charge is -2.07. The van der Waals surface area contributed by atoms with Gasteiger partial charge >= 0.3 is 0 Å². The van der Waals surface area contributed by atoms with Crippen LogP contribution in [0.15, 0.2) is 53.0 Å². The normalized spacial score (nSPS) is 10.1. The Morgan fingerprint density at radius 3 is 2.36 bits per heavy atom. The van der Waals surface area contributed by atoms with E-state index in [1.807, 2.05) is 13.0 Å². The summed E-state index contributed by atoms with van der Waals surface area (Å²) in [5.41, 5.74) is 1.80. The maximum absolute atomic E-state index is 12.1. The molecule has 0 spiro atoms. The number of amides is 2. The van der Waals surface area contributed by atoms with E-state index in [0.717, 1.165) is 10.9 Å². The van der Waals surface area contributed by atoms with Gasteiger partial charge in [-0.1, -0.05) is 28.9 Å². The zero-order chi connectivity index (χ0) is 15.9. The molecule has 5 heteroatoms. The average Bonchev–Trinajstić information content (AvgIpc) is 2.53. The van der Waals surface area contributed by atoms with E-state index in [1.165, 1.54) is 0 Å². The first-order valence-electron chi connectivity index (χ1n) is 7.05. The van der Waals surface area contributed by atoms with Crippen LogP contribution in [0.2, 0.25) is 0 Å². The smallest absolute Gasteiger partial charge is 0.255 e. The number of halogens is 1. The van der Waals surface area contributed by atoms with Crippen LogP contribution in [-0.4, -0.2) is 18.4 Å². The van der Waals surface area contributed by atoms with Gasteiger partial charge in [-0.15, -0.1) is 0 Å². The molecule has 0 saturated carbocycles. The Balaban J connectivity index is 2.02. The summed E-state index contributed by atoms with van der Waals surface area (Å²) in [6, 6.07) is 14.0. The first-order chi connectivity index (χ1) is 10.6. The standard InChI is InChI=1S/C17H17BrN2O2/c1-2-10-19-16(21)12-6-8-15(9-7-12)20-17(22)13-4-3-5-14(18)11-13/h3-9,11H,2,10H2,1H3,(H,19,21)(H,20,22). The highest BCUT2D eigenvalue weighted by Gasteiger charge is 2.08. The number of hydrogen-bond donors (Lipinski definition) is 2. The van der Waals surface area contributed by atoms with Gasteiger partial charge in [-0.3, -0.25) is 9.59 Å². The molecular formula is C17H17BrN2O2. The lowest BCUT2D eigenvalue weighted by atomic mass is 10.1. The van der Waals surface area contributed by atoms with Crippen molar-refractivity contribution < 1.29 is 9.59 Å². The van der Waals surface area contributed by atoms with Gasteiger partial charge in [0.1, 0.15) is 0 Å². The highest BCUT2D eigenvalue weighted by molar-refractivity contribution is 9.10. The third kappa shape index (κ3) is 4.43. The van der Waals surface area contributed by atoms with Gasteiger partial charge in [-0.2, -0.15) is 0 Å². The van der Waals surface area contributed by atoms with Crippen LogP contribution in [0.1, 0.15) is 34.1 Å². The van der Waals surface area contributed by atoms with Crippen molar-refractivity contribution in [1.29, 1.82) is 0 Å². The summed E-state index contributed by atoms with van der Waals surface area (Å²) in [6.07, 6.45) is 0.895. The summed E-state index contributed by atoms with van der Waals surface area (Å²) in [5, 5.41) is 5.61. The van der Waals surface area contributed by atoms with Crippen molar-refractivity contribution >= 4 is 33.4 Å². The van der Waals surface area contributed by atoms with E-state index in [2.05, 4.69) is 26.6 Å². The molecule has 0 aromatic heterocycles. The first kappa shape index (κ1) is 16.2. The van der Waals surface area contributed by atoms with Gasteiger partial charge in [0.25, 0.3) is 11.8 Å². The first-order valence-corrected chi connectivity index (χ1v) is 7.84. The maximum Gasteiger partial charge on any atom is 0.255 e. The lowest BCUT2D eigenvalue weighted by molar-refractivity contribution is 0.0953. The van der Waals surface area contributed by atoms with Gasteiger partial charge in [0.15, 0.2) is 0 Å². The molecule has 0 aliphatic rings. The van der Waals surface area contributed by atoms with Crippen molar-refractivity contribution in [1.82, 2.24) is 5.32 Å². The molecule has 0 aliphatic carbocycles. The molecule has 0 aliphatic heterocycles. The zero-order valence-corrected chi connectivity index (χ0v) is 13.8. The number of nitrogens with one attached hydrogen (secondary N) is 2. The quantitative estimate of drug-likeness (QED) is 0.850. The molecule has 4 nitrogen and oxygen atoms in total. The second kappa shape index (κ2) is 7.75. The summed E-state index contributed by atoms with van der Waals surface area (Å²) >= 11 is 3.34. The molecule has 2 aromatic rings. The number of carbonyl (C=O) groups excluding carboxylic acids is 2. The second-order valence-corrected chi connectivity index (χ2v) is 5.71. The zero-order valence-electron chi connectivity index (χ0n) is 12.2. The van der Waals surface area contributed by atoms with Gasteiger partial charge < -0.3 is 10.6 Å². The minimum Gasteiger partial charge on any atom is -0.352 e. The van der Waals surface area contributed by atoms with Gasteiger partial charge in [0, 0.05) is 27.8 Å². The molecule has 0 atom stereocenters. The van der Waals surface area contributed by atoms with E-state index in [4.69, 9.17) is 0 Å². The molecule has 2 N–H and O–H groups in total. The number of anilines is 1. The van der Waals surface area contributed by atoms with Crippen molar-refractivity contribution in [2.24, 2.45) is 0 Å². The lowest BCUT2D eigenvalue weighted by Crippen LogP contribution is -2.23. The summed E-state index contributed by atoms with van der Waals surface area (Å²) in [7, 11) is 0. The summed E-state index contributed by atoms with van der Waals surface area (Å²) in [6.45, 7) is 2.65. The Bertz CT molecular complexity index is 669. The Morgan fingerprint density at radius 1 is 1.00 bits per heavy atom. The molecule has 2 amide bonds. The molecule has 114 valence electrons. The molecule has 2 rings (SSSR count). The molecule has 0 bridgehead atoms. The fourth-order valence-corrected chi connectivity index (χ4v) is 2.28. The van der Waals surface area contributed by atoms with Gasteiger partial charge in [0.2, 0.25) is 0 Å². The molecule has 0 radical (unpaired) electrons. The number of carbonyl (C=O) groups is 2. The fraction of sp³-hybridized carbons (Fsp3) is 0.176. The topological polar surface area (TPSA) is 58.2 Å².